The number of hydrogen-bond donors (Lipinski definition) is 1. The number of nitrogens with two attached hydrogens (primary N) is 1. The zero-order valence-corrected chi connectivity index (χ0v) is 7.19. The van der Waals surface area contributed by atoms with Crippen molar-refractivity contribution in [2.24, 2.45) is 0 Å². The van der Waals surface area contributed by atoms with E-state index in [1.807, 2.05) is 13.0 Å². The first-order valence-corrected chi connectivity index (χ1v) is 3.90. The number of aryl methyl sites for hydroxylation is 1. The van der Waals surface area contributed by atoms with Crippen molar-refractivity contribution in [3.63, 3.8) is 0 Å². The summed E-state index contributed by atoms with van der Waals surface area (Å²) < 4.78 is 5.15. The van der Waals surface area contributed by atoms with Crippen LogP contribution < -0.4 is 5.73 Å². The molecule has 0 saturated heterocycles. The smallest absolute Gasteiger partial charge is 0.195 e. The van der Waals surface area contributed by atoms with E-state index in [9.17, 15) is 0 Å². The molecule has 66 valence electrons. The van der Waals surface area contributed by atoms with Gasteiger partial charge in [-0.15, -0.1) is 0 Å². The molecule has 0 radical (unpaired) electrons. The van der Waals surface area contributed by atoms with Crippen LogP contribution in [0.4, 0.5) is 5.69 Å². The Balaban J connectivity index is 2.49. The highest BCUT2D eigenvalue weighted by Gasteiger charge is 2.04. The van der Waals surface area contributed by atoms with Crippen LogP contribution in [0.5, 0.6) is 0 Å². The topological polar surface area (TPSA) is 64.9 Å². The van der Waals surface area contributed by atoms with Gasteiger partial charge in [0.1, 0.15) is 0 Å². The summed E-state index contributed by atoms with van der Waals surface area (Å²) in [6.45, 7) is 1.84. The van der Waals surface area contributed by atoms with Crippen molar-refractivity contribution in [1.29, 1.82) is 0 Å². The van der Waals surface area contributed by atoms with Crippen molar-refractivity contribution in [3.8, 4) is 11.6 Å². The van der Waals surface area contributed by atoms with Crippen LogP contribution in [-0.2, 0) is 0 Å². The van der Waals surface area contributed by atoms with Crippen LogP contribution in [0.1, 0.15) is 5.69 Å². The Morgan fingerprint density at radius 2 is 2.31 bits per heavy atom. The molecule has 2 N–H and O–H groups in total. The van der Waals surface area contributed by atoms with Crippen LogP contribution >= 0.6 is 0 Å². The van der Waals surface area contributed by atoms with E-state index in [-0.39, 0.29) is 0 Å². The molecule has 13 heavy (non-hydrogen) atoms. The summed E-state index contributed by atoms with van der Waals surface area (Å²) in [5.74, 6) is 1.22. The van der Waals surface area contributed by atoms with Gasteiger partial charge in [0.2, 0.25) is 0 Å². The van der Waals surface area contributed by atoms with Crippen LogP contribution in [0, 0.1) is 6.92 Å². The van der Waals surface area contributed by atoms with Crippen LogP contribution in [0.15, 0.2) is 29.0 Å². The summed E-state index contributed by atoms with van der Waals surface area (Å²) in [6.07, 6.45) is 3.17. The van der Waals surface area contributed by atoms with E-state index in [0.29, 0.717) is 17.3 Å². The summed E-state index contributed by atoms with van der Waals surface area (Å²) in [7, 11) is 0. The Morgan fingerprint density at radius 3 is 2.92 bits per heavy atom. The minimum atomic E-state index is 0.566. The minimum Gasteiger partial charge on any atom is -0.461 e. The molecule has 0 aromatic carbocycles. The maximum Gasteiger partial charge on any atom is 0.195 e. The number of anilines is 1. The molecule has 0 aliphatic heterocycles. The molecule has 0 amide bonds. The Bertz CT molecular complexity index is 409. The highest BCUT2D eigenvalue weighted by Crippen LogP contribution is 2.16. The van der Waals surface area contributed by atoms with Crippen LogP contribution in [-0.4, -0.2) is 9.97 Å². The third kappa shape index (κ3) is 1.38. The van der Waals surface area contributed by atoms with Gasteiger partial charge in [-0.3, -0.25) is 0 Å². The Labute approximate surface area is 75.4 Å². The number of rotatable bonds is 1. The maximum absolute atomic E-state index is 5.59. The lowest BCUT2D eigenvalue weighted by Crippen LogP contribution is -1.96. The fourth-order valence-corrected chi connectivity index (χ4v) is 1.00. The van der Waals surface area contributed by atoms with E-state index in [2.05, 4.69) is 9.97 Å². The SMILES string of the molecule is Cc1nc(-c2ccco2)ncc1N. The standard InChI is InChI=1S/C9H9N3O/c1-6-7(10)5-11-9(12-6)8-3-2-4-13-8/h2-5H,10H2,1H3. The largest absolute Gasteiger partial charge is 0.461 e. The lowest BCUT2D eigenvalue weighted by molar-refractivity contribution is 0.577. The first kappa shape index (κ1) is 7.79. The van der Waals surface area contributed by atoms with Gasteiger partial charge in [0, 0.05) is 0 Å². The average molecular weight is 175 g/mol. The van der Waals surface area contributed by atoms with Gasteiger partial charge in [0.05, 0.1) is 23.8 Å². The van der Waals surface area contributed by atoms with E-state index < -0.39 is 0 Å². The molecule has 0 aliphatic rings. The Kier molecular flexibility index (Phi) is 1.73. The lowest BCUT2D eigenvalue weighted by atomic mass is 10.3. The van der Waals surface area contributed by atoms with Crippen LogP contribution in [0.3, 0.4) is 0 Å². The first-order chi connectivity index (χ1) is 6.27. The summed E-state index contributed by atoms with van der Waals surface area (Å²) in [6, 6.07) is 3.61. The molecule has 2 aromatic rings. The van der Waals surface area contributed by atoms with Gasteiger partial charge in [-0.2, -0.15) is 0 Å². The molecule has 0 bridgehead atoms. The zero-order chi connectivity index (χ0) is 9.26. The minimum absolute atomic E-state index is 0.566. The molecule has 2 aromatic heterocycles. The number of aromatic nitrogens is 2. The van der Waals surface area contributed by atoms with Gasteiger partial charge in [0.25, 0.3) is 0 Å². The first-order valence-electron chi connectivity index (χ1n) is 3.90. The Hall–Kier alpha value is -1.84. The second kappa shape index (κ2) is 2.90. The molecular weight excluding hydrogens is 166 g/mol. The highest BCUT2D eigenvalue weighted by molar-refractivity contribution is 5.50. The van der Waals surface area contributed by atoms with Crippen molar-refractivity contribution in [1.82, 2.24) is 9.97 Å². The quantitative estimate of drug-likeness (QED) is 0.715. The van der Waals surface area contributed by atoms with E-state index in [1.165, 1.54) is 0 Å². The second-order valence-electron chi connectivity index (χ2n) is 2.71. The average Bonchev–Trinajstić information content (AvgIpc) is 2.62. The van der Waals surface area contributed by atoms with Gasteiger partial charge in [-0.1, -0.05) is 0 Å². The third-order valence-electron chi connectivity index (χ3n) is 1.76. The fourth-order valence-electron chi connectivity index (χ4n) is 1.00. The van der Waals surface area contributed by atoms with E-state index in [0.717, 1.165) is 5.69 Å². The normalized spacial score (nSPS) is 10.2. The van der Waals surface area contributed by atoms with E-state index in [1.54, 1.807) is 18.5 Å². The molecule has 0 unspecified atom stereocenters. The van der Waals surface area contributed by atoms with Gasteiger partial charge < -0.3 is 10.2 Å². The molecule has 0 fully saturated rings. The van der Waals surface area contributed by atoms with Crippen molar-refractivity contribution >= 4 is 5.69 Å². The third-order valence-corrected chi connectivity index (χ3v) is 1.76. The van der Waals surface area contributed by atoms with Gasteiger partial charge in [-0.05, 0) is 19.1 Å². The van der Waals surface area contributed by atoms with Crippen LogP contribution in [0.25, 0.3) is 11.6 Å². The summed E-state index contributed by atoms with van der Waals surface area (Å²) in [4.78, 5) is 8.24. The summed E-state index contributed by atoms with van der Waals surface area (Å²) >= 11 is 0. The highest BCUT2D eigenvalue weighted by atomic mass is 16.3. The molecule has 2 heterocycles. The van der Waals surface area contributed by atoms with Crippen LogP contribution in [0.2, 0.25) is 0 Å². The van der Waals surface area contributed by atoms with Gasteiger partial charge in [0.15, 0.2) is 11.6 Å². The number of furan rings is 1. The van der Waals surface area contributed by atoms with Crippen molar-refractivity contribution < 1.29 is 4.42 Å². The van der Waals surface area contributed by atoms with E-state index >= 15 is 0 Å². The lowest BCUT2D eigenvalue weighted by Gasteiger charge is -1.99. The number of hydrogen-bond acceptors (Lipinski definition) is 4. The molecule has 0 atom stereocenters. The fraction of sp³-hybridized carbons (Fsp3) is 0.111. The van der Waals surface area contributed by atoms with Crippen molar-refractivity contribution in [2.75, 3.05) is 5.73 Å². The van der Waals surface area contributed by atoms with E-state index in [4.69, 9.17) is 10.2 Å². The molecule has 2 rings (SSSR count). The molecule has 0 spiro atoms. The maximum atomic E-state index is 5.59. The zero-order valence-electron chi connectivity index (χ0n) is 7.19. The molecule has 4 heteroatoms. The molecular formula is C9H9N3O. The summed E-state index contributed by atoms with van der Waals surface area (Å²) in [5.41, 5.74) is 6.94. The van der Waals surface area contributed by atoms with Crippen molar-refractivity contribution in [2.45, 2.75) is 6.92 Å². The monoisotopic (exact) mass is 175 g/mol. The number of nitrogen functional groups attached to an aromatic ring is 1. The predicted octanol–water partition coefficient (Wildman–Crippen LogP) is 1.63. The number of nitrogens with zero attached hydrogens (tertiary/aromatic N) is 2. The summed E-state index contributed by atoms with van der Waals surface area (Å²) in [5, 5.41) is 0. The molecule has 0 saturated carbocycles. The van der Waals surface area contributed by atoms with Gasteiger partial charge >= 0.3 is 0 Å². The predicted molar refractivity (Wildman–Crippen MR) is 48.9 cm³/mol. The Morgan fingerprint density at radius 1 is 1.46 bits per heavy atom. The molecule has 0 aliphatic carbocycles. The second-order valence-corrected chi connectivity index (χ2v) is 2.71. The molecule has 4 nitrogen and oxygen atoms in total. The van der Waals surface area contributed by atoms with Gasteiger partial charge in [-0.25, -0.2) is 9.97 Å². The van der Waals surface area contributed by atoms with Crippen molar-refractivity contribution in [3.05, 3.63) is 30.3 Å².